The summed E-state index contributed by atoms with van der Waals surface area (Å²) < 4.78 is 5.14. The van der Waals surface area contributed by atoms with Gasteiger partial charge in [0.05, 0.1) is 6.54 Å². The van der Waals surface area contributed by atoms with Gasteiger partial charge in [-0.2, -0.15) is 4.98 Å². The lowest BCUT2D eigenvalue weighted by atomic mass is 10.0. The molecule has 0 spiro atoms. The first-order valence-corrected chi connectivity index (χ1v) is 7.51. The lowest BCUT2D eigenvalue weighted by Crippen LogP contribution is -2.23. The molecule has 2 aromatic heterocycles. The molecule has 0 radical (unpaired) electrons. The molecule has 0 aliphatic carbocycles. The molecule has 3 rings (SSSR count). The first kappa shape index (κ1) is 20.3. The normalized spacial score (nSPS) is 16.1. The minimum atomic E-state index is 0. The number of hydrogen-bond acceptors (Lipinski definition) is 6. The minimum Gasteiger partial charge on any atom is -0.347 e. The lowest BCUT2D eigenvalue weighted by molar-refractivity contribution is -0.121. The van der Waals surface area contributed by atoms with E-state index in [1.807, 2.05) is 12.1 Å². The van der Waals surface area contributed by atoms with Gasteiger partial charge in [0.1, 0.15) is 0 Å². The van der Waals surface area contributed by atoms with Crippen LogP contribution in [-0.2, 0) is 11.3 Å². The molecule has 24 heavy (non-hydrogen) atoms. The van der Waals surface area contributed by atoms with Crippen LogP contribution in [0.4, 0.5) is 0 Å². The number of aromatic nitrogens is 3. The number of amides is 1. The van der Waals surface area contributed by atoms with E-state index in [0.717, 1.165) is 31.5 Å². The Hall–Kier alpha value is -1.70. The molecular formula is C15H21Cl2N5O2. The Balaban J connectivity index is 0.00000144. The van der Waals surface area contributed by atoms with Crippen molar-refractivity contribution in [1.82, 2.24) is 25.8 Å². The fraction of sp³-hybridized carbons (Fsp3) is 0.467. The quantitative estimate of drug-likeness (QED) is 0.803. The average molecular weight is 374 g/mol. The van der Waals surface area contributed by atoms with E-state index in [1.54, 1.807) is 12.4 Å². The molecular weight excluding hydrogens is 353 g/mol. The molecule has 9 heteroatoms. The highest BCUT2D eigenvalue weighted by molar-refractivity contribution is 5.85. The first-order valence-electron chi connectivity index (χ1n) is 7.51. The molecule has 1 aliphatic rings. The van der Waals surface area contributed by atoms with Crippen molar-refractivity contribution in [3.63, 3.8) is 0 Å². The number of carbonyl (C=O) groups excluding carboxylic acids is 1. The molecule has 1 aliphatic heterocycles. The van der Waals surface area contributed by atoms with Crippen molar-refractivity contribution in [1.29, 1.82) is 0 Å². The minimum absolute atomic E-state index is 0. The summed E-state index contributed by atoms with van der Waals surface area (Å²) in [7, 11) is 0. The summed E-state index contributed by atoms with van der Waals surface area (Å²) in [6.07, 6.45) is 5.96. The molecule has 1 saturated heterocycles. The highest BCUT2D eigenvalue weighted by Crippen LogP contribution is 2.15. The Morgan fingerprint density at radius 3 is 2.83 bits per heavy atom. The molecule has 1 fully saturated rings. The number of pyridine rings is 1. The number of hydrogen-bond donors (Lipinski definition) is 2. The second-order valence-corrected chi connectivity index (χ2v) is 5.42. The van der Waals surface area contributed by atoms with Crippen molar-refractivity contribution in [2.45, 2.75) is 25.8 Å². The summed E-state index contributed by atoms with van der Waals surface area (Å²) in [5, 5.41) is 10.0. The monoisotopic (exact) mass is 373 g/mol. The molecule has 7 nitrogen and oxygen atoms in total. The Bertz CT molecular complexity index is 617. The van der Waals surface area contributed by atoms with Gasteiger partial charge in [-0.3, -0.25) is 9.78 Å². The molecule has 1 unspecified atom stereocenters. The van der Waals surface area contributed by atoms with Gasteiger partial charge in [-0.25, -0.2) is 0 Å². The number of halogens is 2. The van der Waals surface area contributed by atoms with Gasteiger partial charge >= 0.3 is 0 Å². The molecule has 0 bridgehead atoms. The predicted octanol–water partition coefficient (Wildman–Crippen LogP) is 1.98. The van der Waals surface area contributed by atoms with E-state index in [9.17, 15) is 4.79 Å². The van der Waals surface area contributed by atoms with E-state index in [2.05, 4.69) is 25.8 Å². The number of nitrogens with one attached hydrogen (secondary N) is 2. The van der Waals surface area contributed by atoms with Crippen LogP contribution in [0.25, 0.3) is 11.4 Å². The zero-order valence-electron chi connectivity index (χ0n) is 13.1. The zero-order chi connectivity index (χ0) is 15.2. The van der Waals surface area contributed by atoms with Gasteiger partial charge < -0.3 is 15.2 Å². The summed E-state index contributed by atoms with van der Waals surface area (Å²) >= 11 is 0. The molecule has 1 amide bonds. The number of carbonyl (C=O) groups is 1. The summed E-state index contributed by atoms with van der Waals surface area (Å²) in [5.41, 5.74) is 0.838. The molecule has 132 valence electrons. The third-order valence-electron chi connectivity index (χ3n) is 3.79. The van der Waals surface area contributed by atoms with Crippen LogP contribution < -0.4 is 10.6 Å². The highest BCUT2D eigenvalue weighted by atomic mass is 35.5. The van der Waals surface area contributed by atoms with E-state index in [4.69, 9.17) is 4.52 Å². The van der Waals surface area contributed by atoms with Crippen molar-refractivity contribution >= 4 is 30.7 Å². The van der Waals surface area contributed by atoms with Gasteiger partial charge in [-0.05, 0) is 44.0 Å². The van der Waals surface area contributed by atoms with Crippen molar-refractivity contribution in [2.24, 2.45) is 5.92 Å². The topological polar surface area (TPSA) is 92.9 Å². The second-order valence-electron chi connectivity index (χ2n) is 5.42. The Labute approximate surface area is 152 Å². The average Bonchev–Trinajstić information content (AvgIpc) is 3.23. The van der Waals surface area contributed by atoms with Crippen LogP contribution in [0.2, 0.25) is 0 Å². The standard InChI is InChI=1S/C15H19N5O2.2ClH/c21-13(2-1-11-3-6-17-9-11)18-10-14-19-15(20-22-14)12-4-7-16-8-5-12;;/h4-5,7-8,11,17H,1-3,6,9-10H2,(H,18,21);2*1H. The molecule has 2 aromatic rings. The summed E-state index contributed by atoms with van der Waals surface area (Å²) in [6.45, 7) is 2.35. The molecule has 1 atom stereocenters. The van der Waals surface area contributed by atoms with E-state index in [-0.39, 0.29) is 37.3 Å². The molecule has 0 saturated carbocycles. The van der Waals surface area contributed by atoms with Crippen molar-refractivity contribution in [3.05, 3.63) is 30.4 Å². The summed E-state index contributed by atoms with van der Waals surface area (Å²) in [6, 6.07) is 3.62. The highest BCUT2D eigenvalue weighted by Gasteiger charge is 2.16. The van der Waals surface area contributed by atoms with Crippen LogP contribution in [0.5, 0.6) is 0 Å². The Kier molecular flexibility index (Phi) is 8.67. The number of rotatable bonds is 6. The summed E-state index contributed by atoms with van der Waals surface area (Å²) in [4.78, 5) is 20.0. The largest absolute Gasteiger partial charge is 0.347 e. The van der Waals surface area contributed by atoms with Crippen LogP contribution in [-0.4, -0.2) is 34.1 Å². The van der Waals surface area contributed by atoms with Crippen LogP contribution >= 0.6 is 24.8 Å². The lowest BCUT2D eigenvalue weighted by Gasteiger charge is -2.07. The van der Waals surface area contributed by atoms with Gasteiger partial charge in [-0.15, -0.1) is 24.8 Å². The smallest absolute Gasteiger partial charge is 0.246 e. The maximum Gasteiger partial charge on any atom is 0.246 e. The summed E-state index contributed by atoms with van der Waals surface area (Å²) in [5.74, 6) is 1.55. The zero-order valence-corrected chi connectivity index (χ0v) is 14.7. The molecule has 3 heterocycles. The fourth-order valence-electron chi connectivity index (χ4n) is 2.50. The van der Waals surface area contributed by atoms with E-state index < -0.39 is 0 Å². The maximum atomic E-state index is 11.8. The van der Waals surface area contributed by atoms with E-state index >= 15 is 0 Å². The SMILES string of the molecule is Cl.Cl.O=C(CCC1CCNC1)NCc1nc(-c2ccncc2)no1. The third-order valence-corrected chi connectivity index (χ3v) is 3.79. The molecule has 0 aromatic carbocycles. The van der Waals surface area contributed by atoms with Crippen molar-refractivity contribution < 1.29 is 9.32 Å². The van der Waals surface area contributed by atoms with Crippen LogP contribution in [0, 0.1) is 5.92 Å². The predicted molar refractivity (Wildman–Crippen MR) is 94.1 cm³/mol. The van der Waals surface area contributed by atoms with Crippen molar-refractivity contribution in [3.8, 4) is 11.4 Å². The third kappa shape index (κ3) is 5.74. The van der Waals surface area contributed by atoms with Gasteiger partial charge in [-0.1, -0.05) is 5.16 Å². The van der Waals surface area contributed by atoms with Crippen LogP contribution in [0.15, 0.2) is 29.0 Å². The van der Waals surface area contributed by atoms with Crippen LogP contribution in [0.3, 0.4) is 0 Å². The second kappa shape index (κ2) is 10.2. The van der Waals surface area contributed by atoms with E-state index in [0.29, 0.717) is 24.1 Å². The van der Waals surface area contributed by atoms with Crippen molar-refractivity contribution in [2.75, 3.05) is 13.1 Å². The molecule has 2 N–H and O–H groups in total. The number of nitrogens with zero attached hydrogens (tertiary/aromatic N) is 3. The first-order chi connectivity index (χ1) is 10.8. The van der Waals surface area contributed by atoms with Gasteiger partial charge in [0.15, 0.2) is 0 Å². The van der Waals surface area contributed by atoms with Gasteiger partial charge in [0, 0.05) is 24.4 Å². The fourth-order valence-corrected chi connectivity index (χ4v) is 2.50. The Morgan fingerprint density at radius 2 is 2.12 bits per heavy atom. The van der Waals surface area contributed by atoms with E-state index in [1.165, 1.54) is 0 Å². The van der Waals surface area contributed by atoms with Gasteiger partial charge in [0.2, 0.25) is 17.6 Å². The maximum absolute atomic E-state index is 11.8. The van der Waals surface area contributed by atoms with Gasteiger partial charge in [0.25, 0.3) is 0 Å². The van der Waals surface area contributed by atoms with Crippen LogP contribution in [0.1, 0.15) is 25.2 Å². The Morgan fingerprint density at radius 1 is 1.33 bits per heavy atom.